The minimum Gasteiger partial charge on any atom is -0.508 e. The van der Waals surface area contributed by atoms with Crippen molar-refractivity contribution in [2.75, 3.05) is 12.4 Å². The van der Waals surface area contributed by atoms with Crippen LogP contribution in [0.5, 0.6) is 5.75 Å². The van der Waals surface area contributed by atoms with Crippen molar-refractivity contribution in [1.29, 1.82) is 0 Å². The van der Waals surface area contributed by atoms with Crippen molar-refractivity contribution in [3.8, 4) is 5.75 Å². The van der Waals surface area contributed by atoms with E-state index in [1.165, 1.54) is 7.11 Å². The summed E-state index contributed by atoms with van der Waals surface area (Å²) in [6.07, 6.45) is 3.08. The second kappa shape index (κ2) is 5.98. The lowest BCUT2D eigenvalue weighted by atomic mass is 10.3. The first-order valence-corrected chi connectivity index (χ1v) is 7.26. The van der Waals surface area contributed by atoms with Gasteiger partial charge in [-0.25, -0.2) is 9.78 Å². The molecule has 2 N–H and O–H groups in total. The van der Waals surface area contributed by atoms with Crippen LogP contribution in [-0.2, 0) is 4.74 Å². The molecule has 2 aromatic heterocycles. The van der Waals surface area contributed by atoms with E-state index in [0.717, 1.165) is 15.4 Å². The van der Waals surface area contributed by atoms with Gasteiger partial charge in [-0.15, -0.1) is 0 Å². The van der Waals surface area contributed by atoms with Crippen LogP contribution in [0.3, 0.4) is 0 Å². The SMILES string of the molecule is COC(=O)Nc1cn2cc(Sc3ccc(O)cc3)ccc2n1. The summed E-state index contributed by atoms with van der Waals surface area (Å²) in [5, 5.41) is 11.8. The fourth-order valence-corrected chi connectivity index (χ4v) is 2.74. The Morgan fingerprint density at radius 2 is 1.91 bits per heavy atom. The van der Waals surface area contributed by atoms with Crippen LogP contribution >= 0.6 is 11.8 Å². The van der Waals surface area contributed by atoms with Crippen molar-refractivity contribution in [1.82, 2.24) is 9.38 Å². The lowest BCUT2D eigenvalue weighted by Gasteiger charge is -2.02. The Bertz CT molecular complexity index is 815. The number of nitrogens with zero attached hydrogens (tertiary/aromatic N) is 2. The van der Waals surface area contributed by atoms with E-state index in [-0.39, 0.29) is 5.75 Å². The normalized spacial score (nSPS) is 10.6. The standard InChI is InChI=1S/C15H13N3O3S/c1-21-15(20)17-13-9-18-8-12(6-7-14(18)16-13)22-11-4-2-10(19)3-5-11/h2-9,19H,1H3,(H,17,20). The van der Waals surface area contributed by atoms with Gasteiger partial charge in [-0.1, -0.05) is 11.8 Å². The van der Waals surface area contributed by atoms with Crippen molar-refractivity contribution < 1.29 is 14.6 Å². The van der Waals surface area contributed by atoms with Crippen molar-refractivity contribution >= 4 is 29.3 Å². The first-order chi connectivity index (χ1) is 10.6. The molecule has 0 atom stereocenters. The van der Waals surface area contributed by atoms with Gasteiger partial charge >= 0.3 is 6.09 Å². The molecule has 0 saturated carbocycles. The number of aromatic nitrogens is 2. The Morgan fingerprint density at radius 1 is 1.18 bits per heavy atom. The van der Waals surface area contributed by atoms with Gasteiger partial charge in [0.25, 0.3) is 0 Å². The van der Waals surface area contributed by atoms with Crippen LogP contribution in [0.1, 0.15) is 0 Å². The van der Waals surface area contributed by atoms with Crippen LogP contribution in [0.2, 0.25) is 0 Å². The van der Waals surface area contributed by atoms with E-state index >= 15 is 0 Å². The van der Waals surface area contributed by atoms with Gasteiger partial charge < -0.3 is 14.2 Å². The lowest BCUT2D eigenvalue weighted by Crippen LogP contribution is -2.10. The average molecular weight is 315 g/mol. The van der Waals surface area contributed by atoms with Crippen LogP contribution < -0.4 is 5.32 Å². The molecule has 7 heteroatoms. The third-order valence-corrected chi connectivity index (χ3v) is 3.90. The molecule has 3 aromatic rings. The molecular formula is C15H13N3O3S. The summed E-state index contributed by atoms with van der Waals surface area (Å²) in [4.78, 5) is 17.5. The van der Waals surface area contributed by atoms with E-state index in [9.17, 15) is 9.90 Å². The van der Waals surface area contributed by atoms with Crippen LogP contribution in [-0.4, -0.2) is 27.7 Å². The number of methoxy groups -OCH3 is 1. The van der Waals surface area contributed by atoms with Gasteiger partial charge in [-0.2, -0.15) is 0 Å². The molecule has 1 amide bonds. The number of phenols is 1. The molecule has 0 aliphatic rings. The largest absolute Gasteiger partial charge is 0.508 e. The fourth-order valence-electron chi connectivity index (χ4n) is 1.90. The number of phenolic OH excluding ortho intramolecular Hbond substituents is 1. The predicted octanol–water partition coefficient (Wildman–Crippen LogP) is 3.37. The highest BCUT2D eigenvalue weighted by molar-refractivity contribution is 7.99. The number of ether oxygens (including phenoxy) is 1. The number of pyridine rings is 1. The molecule has 0 radical (unpaired) electrons. The summed E-state index contributed by atoms with van der Waals surface area (Å²) in [7, 11) is 1.30. The molecule has 112 valence electrons. The number of hydrogen-bond donors (Lipinski definition) is 2. The van der Waals surface area contributed by atoms with Crippen LogP contribution in [0, 0.1) is 0 Å². The summed E-state index contributed by atoms with van der Waals surface area (Å²) in [6, 6.07) is 10.8. The van der Waals surface area contributed by atoms with Crippen LogP contribution in [0.15, 0.2) is 58.6 Å². The zero-order valence-corrected chi connectivity index (χ0v) is 12.5. The number of fused-ring (bicyclic) bond motifs is 1. The number of rotatable bonds is 3. The van der Waals surface area contributed by atoms with Gasteiger partial charge in [0.15, 0.2) is 5.82 Å². The number of imidazole rings is 1. The van der Waals surface area contributed by atoms with E-state index in [4.69, 9.17) is 0 Å². The quantitative estimate of drug-likeness (QED) is 0.775. The summed E-state index contributed by atoms with van der Waals surface area (Å²) in [5.74, 6) is 0.673. The van der Waals surface area contributed by atoms with Crippen molar-refractivity contribution in [3.05, 3.63) is 48.8 Å². The molecule has 0 bridgehead atoms. The molecule has 0 spiro atoms. The van der Waals surface area contributed by atoms with Crippen molar-refractivity contribution in [2.45, 2.75) is 9.79 Å². The molecule has 0 aliphatic carbocycles. The number of nitrogens with one attached hydrogen (secondary N) is 1. The molecular weight excluding hydrogens is 302 g/mol. The van der Waals surface area contributed by atoms with Crippen LogP contribution in [0.25, 0.3) is 5.65 Å². The molecule has 0 saturated heterocycles. The topological polar surface area (TPSA) is 75.9 Å². The Balaban J connectivity index is 1.83. The molecule has 3 rings (SSSR count). The summed E-state index contributed by atoms with van der Waals surface area (Å²) < 4.78 is 6.37. The van der Waals surface area contributed by atoms with E-state index in [1.807, 2.05) is 34.9 Å². The van der Waals surface area contributed by atoms with E-state index in [2.05, 4.69) is 15.0 Å². The van der Waals surface area contributed by atoms with Gasteiger partial charge in [-0.3, -0.25) is 5.32 Å². The second-order valence-corrected chi connectivity index (χ2v) is 5.62. The summed E-state index contributed by atoms with van der Waals surface area (Å²) >= 11 is 1.57. The minimum atomic E-state index is -0.554. The van der Waals surface area contributed by atoms with E-state index in [0.29, 0.717) is 5.82 Å². The van der Waals surface area contributed by atoms with E-state index in [1.54, 1.807) is 30.1 Å². The highest BCUT2D eigenvalue weighted by Gasteiger charge is 2.06. The second-order valence-electron chi connectivity index (χ2n) is 4.47. The summed E-state index contributed by atoms with van der Waals surface area (Å²) in [6.45, 7) is 0. The van der Waals surface area contributed by atoms with Gasteiger partial charge in [-0.05, 0) is 36.4 Å². The molecule has 22 heavy (non-hydrogen) atoms. The van der Waals surface area contributed by atoms with Crippen molar-refractivity contribution in [2.24, 2.45) is 0 Å². The van der Waals surface area contributed by atoms with Gasteiger partial charge in [0.2, 0.25) is 0 Å². The van der Waals surface area contributed by atoms with Gasteiger partial charge in [0.05, 0.1) is 13.3 Å². The lowest BCUT2D eigenvalue weighted by molar-refractivity contribution is 0.187. The van der Waals surface area contributed by atoms with Crippen molar-refractivity contribution in [3.63, 3.8) is 0 Å². The average Bonchev–Trinajstić information content (AvgIpc) is 2.91. The Labute approximate surface area is 130 Å². The van der Waals surface area contributed by atoms with Gasteiger partial charge in [0.1, 0.15) is 11.4 Å². The third kappa shape index (κ3) is 3.15. The highest BCUT2D eigenvalue weighted by atomic mass is 32.2. The number of amides is 1. The number of carbonyl (C=O) groups excluding carboxylic acids is 1. The predicted molar refractivity (Wildman–Crippen MR) is 83.4 cm³/mol. The number of benzene rings is 1. The maximum Gasteiger partial charge on any atom is 0.412 e. The molecule has 0 fully saturated rings. The van der Waals surface area contributed by atoms with Gasteiger partial charge in [0, 0.05) is 16.0 Å². The number of aromatic hydroxyl groups is 1. The maximum absolute atomic E-state index is 11.2. The molecule has 6 nitrogen and oxygen atoms in total. The number of carbonyl (C=O) groups is 1. The highest BCUT2D eigenvalue weighted by Crippen LogP contribution is 2.29. The molecule has 1 aromatic carbocycles. The molecule has 2 heterocycles. The Morgan fingerprint density at radius 3 is 2.64 bits per heavy atom. The maximum atomic E-state index is 11.2. The first kappa shape index (κ1) is 14.3. The zero-order chi connectivity index (χ0) is 15.5. The van der Waals surface area contributed by atoms with Crippen LogP contribution in [0.4, 0.5) is 10.6 Å². The molecule has 0 aliphatic heterocycles. The Kier molecular flexibility index (Phi) is 3.88. The smallest absolute Gasteiger partial charge is 0.412 e. The monoisotopic (exact) mass is 315 g/mol. The summed E-state index contributed by atoms with van der Waals surface area (Å²) in [5.41, 5.74) is 0.724. The number of hydrogen-bond acceptors (Lipinski definition) is 5. The first-order valence-electron chi connectivity index (χ1n) is 6.44. The number of anilines is 1. The minimum absolute atomic E-state index is 0.243. The zero-order valence-electron chi connectivity index (χ0n) is 11.7. The molecule has 0 unspecified atom stereocenters. The fraction of sp³-hybridized carbons (Fsp3) is 0.0667. The third-order valence-electron chi connectivity index (χ3n) is 2.91. The Hall–Kier alpha value is -2.67. The van der Waals surface area contributed by atoms with E-state index < -0.39 is 6.09 Å².